The van der Waals surface area contributed by atoms with Crippen LogP contribution >= 0.6 is 0 Å². The first kappa shape index (κ1) is 20.8. The van der Waals surface area contributed by atoms with Gasteiger partial charge in [-0.05, 0) is 80.3 Å². The Morgan fingerprint density at radius 2 is 1.64 bits per heavy atom. The summed E-state index contributed by atoms with van der Waals surface area (Å²) in [5, 5.41) is 11.0. The number of hydrogen-bond acceptors (Lipinski definition) is 5. The summed E-state index contributed by atoms with van der Waals surface area (Å²) in [4.78, 5) is 36.1. The van der Waals surface area contributed by atoms with Crippen LogP contribution in [0.25, 0.3) is 0 Å². The molecule has 28 heavy (non-hydrogen) atoms. The fraction of sp³-hybridized carbons (Fsp3) is 0.273. The van der Waals surface area contributed by atoms with Crippen molar-refractivity contribution >= 4 is 23.3 Å². The lowest BCUT2D eigenvalue weighted by atomic mass is 9.93. The highest BCUT2D eigenvalue weighted by Crippen LogP contribution is 2.22. The van der Waals surface area contributed by atoms with E-state index in [0.29, 0.717) is 11.3 Å². The van der Waals surface area contributed by atoms with Gasteiger partial charge in [0.25, 0.3) is 0 Å². The van der Waals surface area contributed by atoms with Crippen molar-refractivity contribution in [2.75, 3.05) is 11.9 Å². The number of Topliss-reactive ketones (excluding diaryl/α,β-unsaturated/α-hetero) is 1. The van der Waals surface area contributed by atoms with Crippen molar-refractivity contribution in [3.63, 3.8) is 0 Å². The van der Waals surface area contributed by atoms with Crippen molar-refractivity contribution in [3.8, 4) is 6.07 Å². The Hall–Kier alpha value is -3.46. The van der Waals surface area contributed by atoms with Crippen LogP contribution in [0.5, 0.6) is 0 Å². The van der Waals surface area contributed by atoms with Crippen LogP contribution in [0.3, 0.4) is 0 Å². The zero-order chi connectivity index (χ0) is 20.8. The predicted molar refractivity (Wildman–Crippen MR) is 105 cm³/mol. The van der Waals surface area contributed by atoms with E-state index in [2.05, 4.69) is 5.32 Å². The maximum absolute atomic E-state index is 12.5. The summed E-state index contributed by atoms with van der Waals surface area (Å²) in [6.45, 7) is 7.47. The number of carbonyl (C=O) groups excluding carboxylic acids is 3. The Morgan fingerprint density at radius 3 is 2.25 bits per heavy atom. The summed E-state index contributed by atoms with van der Waals surface area (Å²) in [7, 11) is 0. The fourth-order valence-electron chi connectivity index (χ4n) is 2.76. The number of aryl methyl sites for hydroxylation is 1. The topological polar surface area (TPSA) is 96.3 Å². The first-order valence-corrected chi connectivity index (χ1v) is 8.79. The highest BCUT2D eigenvalue weighted by atomic mass is 16.5. The number of nitrogens with zero attached hydrogens (tertiary/aromatic N) is 1. The molecule has 0 bridgehead atoms. The first-order chi connectivity index (χ1) is 13.2. The molecule has 0 saturated carbocycles. The van der Waals surface area contributed by atoms with Gasteiger partial charge in [0, 0.05) is 11.3 Å². The summed E-state index contributed by atoms with van der Waals surface area (Å²) < 4.78 is 5.15. The number of ketones is 1. The van der Waals surface area contributed by atoms with E-state index in [1.807, 2.05) is 33.8 Å². The zero-order valence-electron chi connectivity index (χ0n) is 16.4. The van der Waals surface area contributed by atoms with Crippen LogP contribution in [0.15, 0.2) is 30.3 Å². The number of anilines is 1. The number of amides is 1. The second kappa shape index (κ2) is 8.96. The van der Waals surface area contributed by atoms with Gasteiger partial charge in [-0.3, -0.25) is 9.59 Å². The third-order valence-electron chi connectivity index (χ3n) is 4.76. The number of ether oxygens (including phenoxy) is 1. The number of nitriles is 1. The van der Waals surface area contributed by atoms with Crippen LogP contribution in [0, 0.1) is 39.0 Å². The number of esters is 1. The molecule has 0 aliphatic heterocycles. The molecular formula is C22H22N2O4. The molecule has 0 radical (unpaired) electrons. The molecule has 6 heteroatoms. The summed E-state index contributed by atoms with van der Waals surface area (Å²) in [5.41, 5.74) is 5.40. The minimum Gasteiger partial charge on any atom is -0.454 e. The summed E-state index contributed by atoms with van der Waals surface area (Å²) in [5.74, 6) is -1.30. The van der Waals surface area contributed by atoms with Gasteiger partial charge in [-0.1, -0.05) is 0 Å². The number of benzene rings is 2. The van der Waals surface area contributed by atoms with Crippen molar-refractivity contribution in [3.05, 3.63) is 63.7 Å². The molecule has 0 heterocycles. The molecule has 0 spiro atoms. The third kappa shape index (κ3) is 4.83. The van der Waals surface area contributed by atoms with Crippen LogP contribution in [-0.2, 0) is 9.53 Å². The van der Waals surface area contributed by atoms with E-state index in [9.17, 15) is 14.4 Å². The Morgan fingerprint density at radius 1 is 1.00 bits per heavy atom. The minimum absolute atomic E-state index is 0.247. The van der Waals surface area contributed by atoms with Crippen LogP contribution in [0.4, 0.5) is 5.69 Å². The Labute approximate surface area is 164 Å². The van der Waals surface area contributed by atoms with Crippen molar-refractivity contribution in [2.45, 2.75) is 34.1 Å². The minimum atomic E-state index is -0.624. The predicted octanol–water partition coefficient (Wildman–Crippen LogP) is 3.81. The summed E-state index contributed by atoms with van der Waals surface area (Å²) in [6, 6.07) is 9.62. The van der Waals surface area contributed by atoms with Crippen LogP contribution in [0.2, 0.25) is 0 Å². The van der Waals surface area contributed by atoms with Gasteiger partial charge in [-0.2, -0.15) is 5.26 Å². The summed E-state index contributed by atoms with van der Waals surface area (Å²) in [6.07, 6.45) is -0.247. The summed E-state index contributed by atoms with van der Waals surface area (Å²) >= 11 is 0. The van der Waals surface area contributed by atoms with E-state index in [0.717, 1.165) is 22.3 Å². The molecule has 1 amide bonds. The Kier molecular flexibility index (Phi) is 6.67. The van der Waals surface area contributed by atoms with Gasteiger partial charge in [0.1, 0.15) is 6.42 Å². The highest BCUT2D eigenvalue weighted by molar-refractivity contribution is 6.01. The molecule has 0 aliphatic rings. The lowest BCUT2D eigenvalue weighted by molar-refractivity contribution is -0.115. The Balaban J connectivity index is 2.01. The monoisotopic (exact) mass is 378 g/mol. The first-order valence-electron chi connectivity index (χ1n) is 8.79. The second-order valence-corrected chi connectivity index (χ2v) is 6.58. The number of carbonyl (C=O) groups is 3. The average Bonchev–Trinajstić information content (AvgIpc) is 2.67. The van der Waals surface area contributed by atoms with Gasteiger partial charge in [0.15, 0.2) is 6.61 Å². The van der Waals surface area contributed by atoms with Crippen LogP contribution < -0.4 is 5.32 Å². The van der Waals surface area contributed by atoms with Crippen molar-refractivity contribution in [1.82, 2.24) is 0 Å². The highest BCUT2D eigenvalue weighted by Gasteiger charge is 2.16. The largest absolute Gasteiger partial charge is 0.454 e. The standard InChI is InChI=1S/C22H22N2O4/c1-13-11-19(16(4)15(3)14(13)2)20(25)12-28-22(27)17-5-7-18(8-6-17)24-21(26)9-10-23/h5-8,11H,9,12H2,1-4H3,(H,24,26). The number of nitrogens with one attached hydrogen (secondary N) is 1. The Bertz CT molecular complexity index is 970. The van der Waals surface area contributed by atoms with Gasteiger partial charge >= 0.3 is 5.97 Å². The maximum Gasteiger partial charge on any atom is 0.338 e. The molecule has 0 aliphatic carbocycles. The van der Waals surface area contributed by atoms with Gasteiger partial charge in [0.05, 0.1) is 11.6 Å². The molecule has 0 unspecified atom stereocenters. The van der Waals surface area contributed by atoms with Crippen LogP contribution in [0.1, 0.15) is 49.4 Å². The molecule has 0 aromatic heterocycles. The quantitative estimate of drug-likeness (QED) is 0.609. The normalized spacial score (nSPS) is 10.1. The number of rotatable bonds is 6. The molecule has 2 aromatic rings. The SMILES string of the molecule is Cc1cc(C(=O)COC(=O)c2ccc(NC(=O)CC#N)cc2)c(C)c(C)c1C. The van der Waals surface area contributed by atoms with Crippen molar-refractivity contribution < 1.29 is 19.1 Å². The molecule has 6 nitrogen and oxygen atoms in total. The number of hydrogen-bond donors (Lipinski definition) is 1. The molecule has 0 saturated heterocycles. The molecular weight excluding hydrogens is 356 g/mol. The van der Waals surface area contributed by atoms with E-state index < -0.39 is 11.9 Å². The van der Waals surface area contributed by atoms with Gasteiger partial charge in [0.2, 0.25) is 11.7 Å². The van der Waals surface area contributed by atoms with Gasteiger partial charge in [-0.15, -0.1) is 0 Å². The average molecular weight is 378 g/mol. The molecule has 0 fully saturated rings. The fourth-order valence-corrected chi connectivity index (χ4v) is 2.76. The smallest absolute Gasteiger partial charge is 0.338 e. The van der Waals surface area contributed by atoms with E-state index >= 15 is 0 Å². The zero-order valence-corrected chi connectivity index (χ0v) is 16.4. The molecule has 2 aromatic carbocycles. The maximum atomic E-state index is 12.5. The van der Waals surface area contributed by atoms with Gasteiger partial charge in [-0.25, -0.2) is 4.79 Å². The molecule has 144 valence electrons. The molecule has 2 rings (SSSR count). The third-order valence-corrected chi connectivity index (χ3v) is 4.76. The second-order valence-electron chi connectivity index (χ2n) is 6.58. The van der Waals surface area contributed by atoms with Crippen molar-refractivity contribution in [1.29, 1.82) is 5.26 Å². The molecule has 0 atom stereocenters. The lowest BCUT2D eigenvalue weighted by Crippen LogP contribution is -2.16. The van der Waals surface area contributed by atoms with E-state index in [4.69, 9.17) is 10.00 Å². The van der Waals surface area contributed by atoms with E-state index in [1.165, 1.54) is 24.3 Å². The van der Waals surface area contributed by atoms with Crippen molar-refractivity contribution in [2.24, 2.45) is 0 Å². The van der Waals surface area contributed by atoms with Crippen LogP contribution in [-0.4, -0.2) is 24.3 Å². The lowest BCUT2D eigenvalue weighted by Gasteiger charge is -2.13. The molecule has 1 N–H and O–H groups in total. The van der Waals surface area contributed by atoms with Gasteiger partial charge < -0.3 is 10.1 Å². The van der Waals surface area contributed by atoms with E-state index in [-0.39, 0.29) is 24.4 Å². The van der Waals surface area contributed by atoms with E-state index in [1.54, 1.807) is 6.07 Å².